The molecule has 22 heteroatoms. The number of hydrogen-bond donors (Lipinski definition) is 0. The Morgan fingerprint density at radius 2 is 0.704 bits per heavy atom. The van der Waals surface area contributed by atoms with Crippen molar-refractivity contribution in [2.75, 3.05) is 149 Å². The van der Waals surface area contributed by atoms with Gasteiger partial charge in [-0.2, -0.15) is 0 Å². The summed E-state index contributed by atoms with van der Waals surface area (Å²) in [6, 6.07) is 57.2. The molecule has 0 radical (unpaired) electrons. The Balaban J connectivity index is 0.000000233. The molecule has 0 bridgehead atoms. The van der Waals surface area contributed by atoms with E-state index in [1.165, 1.54) is 17.7 Å². The van der Waals surface area contributed by atoms with Crippen LogP contribution in [0, 0.1) is 0 Å². The second-order valence-corrected chi connectivity index (χ2v) is 26.0. The van der Waals surface area contributed by atoms with Crippen molar-refractivity contribution >= 4 is 80.7 Å². The molecule has 0 aromatic heterocycles. The van der Waals surface area contributed by atoms with Crippen LogP contribution in [0.5, 0.6) is 23.0 Å². The third-order valence-corrected chi connectivity index (χ3v) is 18.6. The highest BCUT2D eigenvalue weighted by molar-refractivity contribution is 6.03. The molecule has 0 saturated carbocycles. The summed E-state index contributed by atoms with van der Waals surface area (Å²) in [4.78, 5) is 75.6. The van der Waals surface area contributed by atoms with E-state index in [1.54, 1.807) is 7.11 Å². The maximum absolute atomic E-state index is 12.3. The number of morpholine rings is 2. The minimum Gasteiger partial charge on any atom is -0.490 e. The normalized spacial score (nSPS) is 16.3. The van der Waals surface area contributed by atoms with Crippen molar-refractivity contribution in [2.45, 2.75) is 69.5 Å². The fourth-order valence-corrected chi connectivity index (χ4v) is 13.1. The second kappa shape index (κ2) is 40.4. The first-order valence-corrected chi connectivity index (χ1v) is 36.9. The van der Waals surface area contributed by atoms with Crippen molar-refractivity contribution in [3.8, 4) is 23.0 Å². The van der Waals surface area contributed by atoms with Crippen LogP contribution in [-0.2, 0) is 87.3 Å². The van der Waals surface area contributed by atoms with E-state index >= 15 is 0 Å². The highest BCUT2D eigenvalue weighted by Gasteiger charge is 2.40. The molecule has 4 aliphatic heterocycles. The summed E-state index contributed by atoms with van der Waals surface area (Å²) in [6.45, 7) is 9.63. The van der Waals surface area contributed by atoms with Crippen LogP contribution < -0.4 is 28.7 Å². The van der Waals surface area contributed by atoms with E-state index in [2.05, 4.69) is 119 Å². The molecule has 2 atom stereocenters. The highest BCUT2D eigenvalue weighted by Crippen LogP contribution is 2.49. The molecule has 0 spiro atoms. The molecule has 2 saturated heterocycles. The van der Waals surface area contributed by atoms with Crippen molar-refractivity contribution in [2.24, 2.45) is 0 Å². The Morgan fingerprint density at radius 3 is 1.08 bits per heavy atom. The number of esters is 5. The van der Waals surface area contributed by atoms with Crippen molar-refractivity contribution < 1.29 is 95.1 Å². The number of ketones is 1. The Bertz CT molecular complexity index is 4330. The second-order valence-electron chi connectivity index (χ2n) is 26.0. The van der Waals surface area contributed by atoms with Gasteiger partial charge in [0, 0.05) is 120 Å². The molecule has 0 amide bonds. The lowest BCUT2D eigenvalue weighted by atomic mass is 9.83. The van der Waals surface area contributed by atoms with Crippen molar-refractivity contribution in [3.63, 3.8) is 0 Å². The number of unbranched alkanes of at least 4 members (excludes halogenated alkanes) is 1. The van der Waals surface area contributed by atoms with Crippen molar-refractivity contribution in [1.29, 1.82) is 0 Å². The zero-order valence-corrected chi connectivity index (χ0v) is 61.3. The lowest BCUT2D eigenvalue weighted by Crippen LogP contribution is -2.37. The van der Waals surface area contributed by atoms with Gasteiger partial charge in [0.25, 0.3) is 0 Å². The molecule has 8 aromatic carbocycles. The molecule has 4 aliphatic rings. The van der Waals surface area contributed by atoms with Crippen LogP contribution >= 0.6 is 0 Å². The number of anilines is 2. The van der Waals surface area contributed by atoms with Gasteiger partial charge in [0.2, 0.25) is 0 Å². The molecular weight excluding hydrogens is 1380 g/mol. The summed E-state index contributed by atoms with van der Waals surface area (Å²) < 4.78 is 78.4. The topological polar surface area (TPSA) is 238 Å². The molecule has 2 fully saturated rings. The van der Waals surface area contributed by atoms with Crippen LogP contribution in [0.25, 0.3) is 33.7 Å². The van der Waals surface area contributed by atoms with Crippen LogP contribution in [0.4, 0.5) is 11.4 Å². The van der Waals surface area contributed by atoms with E-state index in [0.717, 1.165) is 93.2 Å². The van der Waals surface area contributed by atoms with Gasteiger partial charge >= 0.3 is 29.8 Å². The summed E-state index contributed by atoms with van der Waals surface area (Å²) in [6.07, 6.45) is 9.97. The quantitative estimate of drug-likeness (QED) is 0.0200. The lowest BCUT2D eigenvalue weighted by molar-refractivity contribution is -0.152. The van der Waals surface area contributed by atoms with Crippen molar-refractivity contribution in [1.82, 2.24) is 0 Å². The number of ether oxygens (including phenoxy) is 14. The number of Topliss-reactive ketones (excluding diaryl/α,β-unsaturated/α-hetero) is 1. The standard InChI is InChI=1S/C50H59NO14.C36H35NO6/c1-56-27-28-58-29-32-61-46(52)13-7-8-14-47(53)62-33-30-59-31-34-63-48(54)19-20-49(55)64-36-35-60-40-17-15-39(16-18-40)50(38-9-3-2-4-10-38)22-21-43-41-11-5-6-12-42(41)44(37-45(43)65-50)51-23-25-57-26-24-51;1-26(38)11-16-35(39)42-24-23-41-29-14-12-28(13-15-29)36(27-7-3-2-4-8-27)18-17-32-30-9-5-6-10-31(30)33(25-34(32)43-36)37-19-21-40-22-20-37/h2-6,9-12,15-18,21-22,37H,7-8,13-14,19-20,23-36H2,1H3;2-10,12-15,17-18,25H,11,16,19-24H2,1H3. The fraction of sp³-hybridized carbons (Fsp3) is 0.372. The van der Waals surface area contributed by atoms with Gasteiger partial charge in [-0.15, -0.1) is 0 Å². The summed E-state index contributed by atoms with van der Waals surface area (Å²) in [5, 5.41) is 4.67. The van der Waals surface area contributed by atoms with Gasteiger partial charge in [-0.25, -0.2) is 0 Å². The monoisotopic (exact) mass is 1470 g/mol. The number of carbonyl (C=O) groups is 6. The van der Waals surface area contributed by atoms with Crippen LogP contribution in [0.3, 0.4) is 0 Å². The SMILES string of the molecule is CC(=O)CCC(=O)OCCOc1ccc(C2(c3ccccc3)C=Cc3c(cc(N4CCOCC4)c4ccccc34)O2)cc1.COCCOCCOC(=O)CCCCC(=O)OCCOCCOC(=O)CCC(=O)OCCOc1ccc(C2(c3ccccc3)C=Cc3c(cc(N4CCOCC4)c4ccccc34)O2)cc1. The third-order valence-electron chi connectivity index (χ3n) is 18.6. The van der Waals surface area contributed by atoms with E-state index in [1.807, 2.05) is 84.9 Å². The largest absolute Gasteiger partial charge is 0.490 e. The molecule has 0 N–H and O–H groups in total. The molecule has 8 aromatic rings. The van der Waals surface area contributed by atoms with E-state index in [4.69, 9.17) is 66.3 Å². The van der Waals surface area contributed by atoms with Gasteiger partial charge in [0.15, 0.2) is 11.2 Å². The molecule has 12 rings (SSSR count). The van der Waals surface area contributed by atoms with Crippen LogP contribution in [0.15, 0.2) is 182 Å². The smallest absolute Gasteiger partial charge is 0.306 e. The number of carbonyl (C=O) groups excluding carboxylic acids is 6. The third kappa shape index (κ3) is 21.6. The van der Waals surface area contributed by atoms with Gasteiger partial charge in [-0.05, 0) is 79.1 Å². The van der Waals surface area contributed by atoms with Gasteiger partial charge in [-0.1, -0.05) is 133 Å². The maximum Gasteiger partial charge on any atom is 0.306 e. The minimum absolute atomic E-state index is 0.00517. The van der Waals surface area contributed by atoms with Crippen LogP contribution in [-0.4, -0.2) is 175 Å². The number of nitrogens with zero attached hydrogens (tertiary/aromatic N) is 2. The zero-order valence-electron chi connectivity index (χ0n) is 61.3. The van der Waals surface area contributed by atoms with E-state index in [9.17, 15) is 28.8 Å². The molecule has 0 aliphatic carbocycles. The Labute approximate surface area is 629 Å². The van der Waals surface area contributed by atoms with Crippen LogP contribution in [0.1, 0.15) is 91.7 Å². The van der Waals surface area contributed by atoms with E-state index < -0.39 is 35.1 Å². The average Bonchev–Trinajstić information content (AvgIpc) is 0.740. The van der Waals surface area contributed by atoms with E-state index in [0.29, 0.717) is 70.6 Å². The summed E-state index contributed by atoms with van der Waals surface area (Å²) >= 11 is 0. The summed E-state index contributed by atoms with van der Waals surface area (Å²) in [5.41, 5.74) is 6.52. The number of benzene rings is 8. The molecule has 22 nitrogen and oxygen atoms in total. The van der Waals surface area contributed by atoms with Crippen molar-refractivity contribution in [3.05, 3.63) is 215 Å². The first kappa shape index (κ1) is 78.5. The number of hydrogen-bond acceptors (Lipinski definition) is 22. The molecule has 568 valence electrons. The highest BCUT2D eigenvalue weighted by atomic mass is 16.6. The molecular formula is C86H94N2O20. The number of fused-ring (bicyclic) bond motifs is 6. The van der Waals surface area contributed by atoms with Gasteiger partial charge in [0.05, 0.1) is 78.7 Å². The molecule has 4 heterocycles. The minimum atomic E-state index is -0.901. The molecule has 108 heavy (non-hydrogen) atoms. The zero-order chi connectivity index (χ0) is 75.2. The maximum atomic E-state index is 12.3. The Hall–Kier alpha value is -10.6. The van der Waals surface area contributed by atoms with Gasteiger partial charge in [0.1, 0.15) is 75.0 Å². The first-order valence-electron chi connectivity index (χ1n) is 36.9. The Morgan fingerprint density at radius 1 is 0.370 bits per heavy atom. The summed E-state index contributed by atoms with van der Waals surface area (Å²) in [7, 11) is 1.58. The van der Waals surface area contributed by atoms with Gasteiger partial charge < -0.3 is 80.9 Å². The lowest BCUT2D eigenvalue weighted by Gasteiger charge is -2.38. The first-order chi connectivity index (χ1) is 52.9. The van der Waals surface area contributed by atoms with Crippen LogP contribution in [0.2, 0.25) is 0 Å². The number of methoxy groups -OCH3 is 1. The Kier molecular flexibility index (Phi) is 29.3. The average molecular weight is 1480 g/mol. The fourth-order valence-electron chi connectivity index (χ4n) is 13.1. The number of rotatable bonds is 37. The predicted molar refractivity (Wildman–Crippen MR) is 408 cm³/mol. The molecule has 2 unspecified atom stereocenters. The van der Waals surface area contributed by atoms with Gasteiger partial charge in [-0.3, -0.25) is 24.0 Å². The van der Waals surface area contributed by atoms with E-state index in [-0.39, 0.29) is 110 Å². The summed E-state index contributed by atoms with van der Waals surface area (Å²) in [5.74, 6) is 0.608. The predicted octanol–water partition coefficient (Wildman–Crippen LogP) is 12.9.